The molecule has 0 radical (unpaired) electrons. The van der Waals surface area contributed by atoms with Crippen molar-refractivity contribution in [3.05, 3.63) is 18.2 Å². The Morgan fingerprint density at radius 1 is 1.16 bits per heavy atom. The summed E-state index contributed by atoms with van der Waals surface area (Å²) in [5.41, 5.74) is 5.87. The molecule has 25 heavy (non-hydrogen) atoms. The molecule has 132 valence electrons. The summed E-state index contributed by atoms with van der Waals surface area (Å²) in [5.74, 6) is 0.334. The van der Waals surface area contributed by atoms with E-state index < -0.39 is 6.04 Å². The van der Waals surface area contributed by atoms with Crippen LogP contribution >= 0.6 is 0 Å². The summed E-state index contributed by atoms with van der Waals surface area (Å²) in [4.78, 5) is 38.9. The molecule has 2 saturated heterocycles. The van der Waals surface area contributed by atoms with Gasteiger partial charge in [0.05, 0.1) is 25.2 Å². The number of imide groups is 1. The summed E-state index contributed by atoms with van der Waals surface area (Å²) in [5, 5.41) is 0. The molecular formula is C17H20N3O5+. The molecule has 4 rings (SSSR count). The molecule has 0 unspecified atom stereocenters. The predicted molar refractivity (Wildman–Crippen MR) is 86.1 cm³/mol. The predicted octanol–water partition coefficient (Wildman–Crippen LogP) is -1.17. The molecule has 8 heteroatoms. The third kappa shape index (κ3) is 2.72. The molecule has 8 nitrogen and oxygen atoms in total. The zero-order valence-electron chi connectivity index (χ0n) is 13.7. The number of piperidine rings is 1. The number of hydrogen-bond acceptors (Lipinski definition) is 5. The first-order valence-electron chi connectivity index (χ1n) is 8.45. The molecule has 3 N–H and O–H groups in total. The molecule has 3 amide bonds. The number of amides is 3. The Labute approximate surface area is 144 Å². The number of fused-ring (bicyclic) bond motifs is 1. The second-order valence-electron chi connectivity index (χ2n) is 6.70. The highest BCUT2D eigenvalue weighted by molar-refractivity contribution is 6.22. The summed E-state index contributed by atoms with van der Waals surface area (Å²) >= 11 is 0. The number of rotatable bonds is 3. The van der Waals surface area contributed by atoms with Crippen LogP contribution in [0.4, 0.5) is 5.69 Å². The van der Waals surface area contributed by atoms with Gasteiger partial charge in [0.25, 0.3) is 5.91 Å². The van der Waals surface area contributed by atoms with E-state index in [0.29, 0.717) is 43.1 Å². The van der Waals surface area contributed by atoms with Crippen LogP contribution in [-0.4, -0.2) is 43.6 Å². The monoisotopic (exact) mass is 346 g/mol. The number of nitrogens with two attached hydrogens (primary N) is 1. The Hall–Kier alpha value is -2.61. The van der Waals surface area contributed by atoms with Gasteiger partial charge >= 0.3 is 0 Å². The van der Waals surface area contributed by atoms with Crippen LogP contribution in [0.2, 0.25) is 0 Å². The van der Waals surface area contributed by atoms with Gasteiger partial charge in [-0.2, -0.15) is 0 Å². The standard InChI is InChI=1S/C17H19N3O5/c18-16(22)10-3-5-19(6-4-10)12-8-15(21)20(17(12)23)11-1-2-13-14(7-11)25-9-24-13/h1-2,7,10,12H,3-6,8-9H2,(H2,18,22)/p+1/t12-/m0/s1. The topological polar surface area (TPSA) is 103 Å². The van der Waals surface area contributed by atoms with Crippen LogP contribution < -0.4 is 25.0 Å². The molecular weight excluding hydrogens is 326 g/mol. The van der Waals surface area contributed by atoms with E-state index in [2.05, 4.69) is 0 Å². The molecule has 0 spiro atoms. The van der Waals surface area contributed by atoms with Gasteiger partial charge in [0.15, 0.2) is 17.5 Å². The van der Waals surface area contributed by atoms with Crippen molar-refractivity contribution in [2.75, 3.05) is 24.8 Å². The van der Waals surface area contributed by atoms with E-state index in [1.54, 1.807) is 18.2 Å². The Balaban J connectivity index is 1.50. The zero-order valence-corrected chi connectivity index (χ0v) is 13.7. The van der Waals surface area contributed by atoms with Gasteiger partial charge in [-0.15, -0.1) is 0 Å². The first-order valence-corrected chi connectivity index (χ1v) is 8.45. The maximum Gasteiger partial charge on any atom is 0.292 e. The van der Waals surface area contributed by atoms with E-state index in [-0.39, 0.29) is 36.9 Å². The number of nitrogens with one attached hydrogen (secondary N) is 1. The highest BCUT2D eigenvalue weighted by Gasteiger charge is 2.47. The van der Waals surface area contributed by atoms with Crippen LogP contribution in [0.15, 0.2) is 18.2 Å². The second-order valence-corrected chi connectivity index (χ2v) is 6.70. The van der Waals surface area contributed by atoms with Crippen molar-refractivity contribution in [1.29, 1.82) is 0 Å². The van der Waals surface area contributed by atoms with E-state index in [4.69, 9.17) is 15.2 Å². The van der Waals surface area contributed by atoms with Crippen molar-refractivity contribution >= 4 is 23.4 Å². The third-order valence-electron chi connectivity index (χ3n) is 5.28. The summed E-state index contributed by atoms with van der Waals surface area (Å²) in [6.07, 6.45) is 1.50. The lowest BCUT2D eigenvalue weighted by atomic mass is 9.95. The molecule has 1 aromatic carbocycles. The summed E-state index contributed by atoms with van der Waals surface area (Å²) in [6.45, 7) is 1.49. The average molecular weight is 346 g/mol. The van der Waals surface area contributed by atoms with E-state index in [0.717, 1.165) is 4.90 Å². The molecule has 2 fully saturated rings. The lowest BCUT2D eigenvalue weighted by molar-refractivity contribution is -0.920. The van der Waals surface area contributed by atoms with Gasteiger partial charge in [-0.05, 0) is 12.1 Å². The van der Waals surface area contributed by atoms with E-state index in [1.165, 1.54) is 4.90 Å². The van der Waals surface area contributed by atoms with Gasteiger partial charge in [0, 0.05) is 24.8 Å². The van der Waals surface area contributed by atoms with Gasteiger partial charge in [-0.3, -0.25) is 14.4 Å². The van der Waals surface area contributed by atoms with Gasteiger partial charge in [-0.25, -0.2) is 4.90 Å². The fourth-order valence-electron chi connectivity index (χ4n) is 3.87. The van der Waals surface area contributed by atoms with Crippen LogP contribution in [0.5, 0.6) is 11.5 Å². The second kappa shape index (κ2) is 6.03. The molecule has 3 aliphatic rings. The van der Waals surface area contributed by atoms with Gasteiger partial charge in [0.1, 0.15) is 0 Å². The van der Waals surface area contributed by atoms with Crippen molar-refractivity contribution in [1.82, 2.24) is 0 Å². The van der Waals surface area contributed by atoms with Crippen molar-refractivity contribution in [2.45, 2.75) is 25.3 Å². The highest BCUT2D eigenvalue weighted by Crippen LogP contribution is 2.36. The minimum absolute atomic E-state index is 0.124. The Morgan fingerprint density at radius 2 is 1.88 bits per heavy atom. The van der Waals surface area contributed by atoms with E-state index >= 15 is 0 Å². The number of carbonyl (C=O) groups excluding carboxylic acids is 3. The quantitative estimate of drug-likeness (QED) is 0.671. The molecule has 0 saturated carbocycles. The molecule has 3 aliphatic heterocycles. The number of likely N-dealkylation sites (tertiary alicyclic amines) is 1. The number of carbonyl (C=O) groups is 3. The lowest BCUT2D eigenvalue weighted by Crippen LogP contribution is -3.17. The van der Waals surface area contributed by atoms with Crippen LogP contribution in [0.3, 0.4) is 0 Å². The van der Waals surface area contributed by atoms with Gasteiger partial charge in [-0.1, -0.05) is 0 Å². The van der Waals surface area contributed by atoms with Crippen molar-refractivity contribution < 1.29 is 28.8 Å². The number of hydrogen-bond donors (Lipinski definition) is 2. The van der Waals surface area contributed by atoms with Crippen LogP contribution in [-0.2, 0) is 14.4 Å². The molecule has 1 aromatic rings. The molecule has 0 aromatic heterocycles. The zero-order chi connectivity index (χ0) is 17.6. The highest BCUT2D eigenvalue weighted by atomic mass is 16.7. The van der Waals surface area contributed by atoms with Crippen molar-refractivity contribution in [2.24, 2.45) is 11.7 Å². The van der Waals surface area contributed by atoms with Crippen LogP contribution in [0.1, 0.15) is 19.3 Å². The van der Waals surface area contributed by atoms with Gasteiger partial charge < -0.3 is 20.1 Å². The average Bonchev–Trinajstić information content (AvgIpc) is 3.18. The maximum atomic E-state index is 12.9. The fraction of sp³-hybridized carbons (Fsp3) is 0.471. The number of benzene rings is 1. The summed E-state index contributed by atoms with van der Waals surface area (Å²) in [6, 6.07) is 4.67. The van der Waals surface area contributed by atoms with Gasteiger partial charge in [0.2, 0.25) is 18.6 Å². The number of quaternary nitrogens is 1. The SMILES string of the molecule is NC(=O)C1CC[NH+]([C@H]2CC(=O)N(c3ccc4c(c3)OCO4)C2=O)CC1. The molecule has 1 atom stereocenters. The number of nitrogens with zero attached hydrogens (tertiary/aromatic N) is 1. The first-order chi connectivity index (χ1) is 12.0. The number of anilines is 1. The number of ether oxygens (including phenoxy) is 2. The summed E-state index contributed by atoms with van der Waals surface area (Å²) < 4.78 is 10.6. The maximum absolute atomic E-state index is 12.9. The van der Waals surface area contributed by atoms with Crippen molar-refractivity contribution in [3.8, 4) is 11.5 Å². The first kappa shape index (κ1) is 15.9. The molecule has 3 heterocycles. The Morgan fingerprint density at radius 3 is 2.60 bits per heavy atom. The molecule has 0 bridgehead atoms. The lowest BCUT2D eigenvalue weighted by Gasteiger charge is -2.30. The van der Waals surface area contributed by atoms with Crippen LogP contribution in [0.25, 0.3) is 0 Å². The molecule has 0 aliphatic carbocycles. The third-order valence-corrected chi connectivity index (χ3v) is 5.28. The summed E-state index contributed by atoms with van der Waals surface area (Å²) in [7, 11) is 0. The number of primary amides is 1. The van der Waals surface area contributed by atoms with Crippen molar-refractivity contribution in [3.63, 3.8) is 0 Å². The normalized spacial score (nSPS) is 28.5. The van der Waals surface area contributed by atoms with E-state index in [1.807, 2.05) is 0 Å². The smallest absolute Gasteiger partial charge is 0.292 e. The minimum atomic E-state index is -0.397. The minimum Gasteiger partial charge on any atom is -0.454 e. The van der Waals surface area contributed by atoms with Crippen LogP contribution in [0, 0.1) is 5.92 Å². The van der Waals surface area contributed by atoms with E-state index in [9.17, 15) is 14.4 Å². The largest absolute Gasteiger partial charge is 0.454 e. The Kier molecular flexibility index (Phi) is 3.84. The Bertz CT molecular complexity index is 742. The fourth-order valence-corrected chi connectivity index (χ4v) is 3.87.